The van der Waals surface area contributed by atoms with Crippen molar-refractivity contribution >= 4 is 11.7 Å². The summed E-state index contributed by atoms with van der Waals surface area (Å²) < 4.78 is 0. The van der Waals surface area contributed by atoms with Gasteiger partial charge in [0, 0.05) is 12.7 Å². The van der Waals surface area contributed by atoms with Crippen LogP contribution in [0.4, 0.5) is 5.69 Å². The van der Waals surface area contributed by atoms with Gasteiger partial charge in [-0.25, -0.2) is 4.79 Å². The molecule has 0 saturated carbocycles. The first kappa shape index (κ1) is 7.17. The topological polar surface area (TPSA) is 77.1 Å². The van der Waals surface area contributed by atoms with E-state index in [1.807, 2.05) is 0 Å². The van der Waals surface area contributed by atoms with Crippen molar-refractivity contribution in [3.8, 4) is 0 Å². The maximum absolute atomic E-state index is 10.7. The van der Waals surface area contributed by atoms with Gasteiger partial charge in [-0.05, 0) is 0 Å². The minimum atomic E-state index is -0.901. The lowest BCUT2D eigenvalue weighted by Crippen LogP contribution is -2.27. The molecule has 0 unspecified atom stereocenters. The van der Waals surface area contributed by atoms with Crippen molar-refractivity contribution in [2.45, 2.75) is 6.54 Å². The van der Waals surface area contributed by atoms with Crippen LogP contribution < -0.4 is 10.6 Å². The Morgan fingerprint density at radius 2 is 2.42 bits per heavy atom. The number of carbonyl (C=O) groups is 1. The fourth-order valence-corrected chi connectivity index (χ4v) is 1.31. The molecule has 0 radical (unpaired) electrons. The van der Waals surface area contributed by atoms with Crippen LogP contribution in [0.1, 0.15) is 16.1 Å². The van der Waals surface area contributed by atoms with E-state index in [1.54, 1.807) is 0 Å². The standard InChI is InChI=1S/C7H9N3O2/c11-7(12)4-1-9-5-2-8-3-10-6(4)5/h1,8-10H,2-3H2,(H,11,12). The summed E-state index contributed by atoms with van der Waals surface area (Å²) in [6.07, 6.45) is 1.51. The molecule has 5 nitrogen and oxygen atoms in total. The number of aromatic amines is 1. The maximum Gasteiger partial charge on any atom is 0.339 e. The van der Waals surface area contributed by atoms with Crippen molar-refractivity contribution in [3.63, 3.8) is 0 Å². The van der Waals surface area contributed by atoms with E-state index in [-0.39, 0.29) is 0 Å². The smallest absolute Gasteiger partial charge is 0.339 e. The van der Waals surface area contributed by atoms with Gasteiger partial charge in [-0.15, -0.1) is 0 Å². The predicted molar refractivity (Wildman–Crippen MR) is 43.1 cm³/mol. The first-order valence-electron chi connectivity index (χ1n) is 3.67. The molecule has 0 bridgehead atoms. The van der Waals surface area contributed by atoms with Crippen molar-refractivity contribution in [1.29, 1.82) is 0 Å². The van der Waals surface area contributed by atoms with Crippen LogP contribution >= 0.6 is 0 Å². The largest absolute Gasteiger partial charge is 0.478 e. The van der Waals surface area contributed by atoms with Gasteiger partial charge in [0.05, 0.1) is 18.1 Å². The van der Waals surface area contributed by atoms with Gasteiger partial charge in [-0.1, -0.05) is 0 Å². The minimum Gasteiger partial charge on any atom is -0.478 e. The average Bonchev–Trinajstić information content (AvgIpc) is 2.47. The summed E-state index contributed by atoms with van der Waals surface area (Å²) in [7, 11) is 0. The molecule has 2 rings (SSSR count). The highest BCUT2D eigenvalue weighted by Crippen LogP contribution is 2.22. The van der Waals surface area contributed by atoms with E-state index in [2.05, 4.69) is 15.6 Å². The second-order valence-corrected chi connectivity index (χ2v) is 2.64. The average molecular weight is 167 g/mol. The summed E-state index contributed by atoms with van der Waals surface area (Å²) in [5.74, 6) is -0.901. The number of carboxylic acids is 1. The molecule has 64 valence electrons. The van der Waals surface area contributed by atoms with Crippen LogP contribution in [0.25, 0.3) is 0 Å². The molecule has 1 aromatic rings. The zero-order valence-electron chi connectivity index (χ0n) is 6.35. The van der Waals surface area contributed by atoms with E-state index in [1.165, 1.54) is 6.20 Å². The van der Waals surface area contributed by atoms with Gasteiger partial charge < -0.3 is 15.4 Å². The molecule has 0 aromatic carbocycles. The lowest BCUT2D eigenvalue weighted by atomic mass is 10.2. The van der Waals surface area contributed by atoms with Crippen LogP contribution in [-0.4, -0.2) is 22.7 Å². The zero-order chi connectivity index (χ0) is 8.55. The molecule has 2 heterocycles. The number of nitrogens with one attached hydrogen (secondary N) is 3. The fraction of sp³-hybridized carbons (Fsp3) is 0.286. The number of H-pyrrole nitrogens is 1. The second-order valence-electron chi connectivity index (χ2n) is 2.64. The van der Waals surface area contributed by atoms with Gasteiger partial charge >= 0.3 is 5.97 Å². The number of hydrogen-bond acceptors (Lipinski definition) is 3. The van der Waals surface area contributed by atoms with Crippen molar-refractivity contribution in [2.24, 2.45) is 0 Å². The summed E-state index contributed by atoms with van der Waals surface area (Å²) in [4.78, 5) is 13.6. The molecular weight excluding hydrogens is 158 g/mol. The predicted octanol–water partition coefficient (Wildman–Crippen LogP) is 0.185. The molecule has 4 N–H and O–H groups in total. The Morgan fingerprint density at radius 1 is 1.58 bits per heavy atom. The third-order valence-electron chi connectivity index (χ3n) is 1.88. The van der Waals surface area contributed by atoms with E-state index < -0.39 is 5.97 Å². The number of fused-ring (bicyclic) bond motifs is 1. The number of hydrogen-bond donors (Lipinski definition) is 4. The van der Waals surface area contributed by atoms with E-state index >= 15 is 0 Å². The zero-order valence-corrected chi connectivity index (χ0v) is 6.35. The SMILES string of the molecule is O=C(O)c1c[nH]c2c1NCNC2. The Hall–Kier alpha value is -1.49. The van der Waals surface area contributed by atoms with Crippen molar-refractivity contribution < 1.29 is 9.90 Å². The first-order valence-corrected chi connectivity index (χ1v) is 3.67. The summed E-state index contributed by atoms with van der Waals surface area (Å²) in [5, 5.41) is 14.8. The summed E-state index contributed by atoms with van der Waals surface area (Å²) in [6, 6.07) is 0. The molecule has 0 atom stereocenters. The molecule has 0 saturated heterocycles. The van der Waals surface area contributed by atoms with Gasteiger partial charge in [0.25, 0.3) is 0 Å². The van der Waals surface area contributed by atoms with Gasteiger partial charge in [-0.3, -0.25) is 5.32 Å². The van der Waals surface area contributed by atoms with Crippen molar-refractivity contribution in [3.05, 3.63) is 17.5 Å². The van der Waals surface area contributed by atoms with Crippen molar-refractivity contribution in [2.75, 3.05) is 12.0 Å². The highest BCUT2D eigenvalue weighted by Gasteiger charge is 2.18. The van der Waals surface area contributed by atoms with Crippen LogP contribution in [0.3, 0.4) is 0 Å². The number of rotatable bonds is 1. The minimum absolute atomic E-state index is 0.312. The molecule has 1 aliphatic heterocycles. The number of aromatic carboxylic acids is 1. The van der Waals surface area contributed by atoms with Gasteiger partial charge in [0.1, 0.15) is 5.56 Å². The first-order chi connectivity index (χ1) is 5.79. The quantitative estimate of drug-likeness (QED) is 0.481. The Kier molecular flexibility index (Phi) is 1.51. The van der Waals surface area contributed by atoms with Crippen molar-refractivity contribution in [1.82, 2.24) is 10.3 Å². The third-order valence-corrected chi connectivity index (χ3v) is 1.88. The molecule has 1 aromatic heterocycles. The highest BCUT2D eigenvalue weighted by atomic mass is 16.4. The highest BCUT2D eigenvalue weighted by molar-refractivity contribution is 5.95. The van der Waals surface area contributed by atoms with E-state index in [9.17, 15) is 4.79 Å². The number of anilines is 1. The van der Waals surface area contributed by atoms with Crippen LogP contribution in [0.2, 0.25) is 0 Å². The number of aromatic nitrogens is 1. The number of carboxylic acid groups (broad SMARTS) is 1. The molecular formula is C7H9N3O2. The Balaban J connectivity index is 2.44. The van der Waals surface area contributed by atoms with Crippen LogP contribution in [0, 0.1) is 0 Å². The molecule has 5 heteroatoms. The van der Waals surface area contributed by atoms with Crippen LogP contribution in [0.5, 0.6) is 0 Å². The molecule has 0 aliphatic carbocycles. The molecule has 0 fully saturated rings. The lowest BCUT2D eigenvalue weighted by Gasteiger charge is -2.15. The maximum atomic E-state index is 10.7. The summed E-state index contributed by atoms with van der Waals surface area (Å²) in [6.45, 7) is 1.31. The van der Waals surface area contributed by atoms with E-state index in [0.717, 1.165) is 5.69 Å². The second kappa shape index (κ2) is 2.53. The Morgan fingerprint density at radius 3 is 3.17 bits per heavy atom. The normalized spacial score (nSPS) is 15.0. The molecule has 12 heavy (non-hydrogen) atoms. The summed E-state index contributed by atoms with van der Waals surface area (Å²) in [5.41, 5.74) is 1.92. The van der Waals surface area contributed by atoms with Gasteiger partial charge in [-0.2, -0.15) is 0 Å². The van der Waals surface area contributed by atoms with E-state index in [0.29, 0.717) is 24.5 Å². The Bertz CT molecular complexity index is 318. The third kappa shape index (κ3) is 0.947. The van der Waals surface area contributed by atoms with E-state index in [4.69, 9.17) is 5.11 Å². The van der Waals surface area contributed by atoms with Crippen LogP contribution in [0.15, 0.2) is 6.20 Å². The fourth-order valence-electron chi connectivity index (χ4n) is 1.31. The van der Waals surface area contributed by atoms with Crippen LogP contribution in [-0.2, 0) is 6.54 Å². The molecule has 0 spiro atoms. The monoisotopic (exact) mass is 167 g/mol. The van der Waals surface area contributed by atoms with Gasteiger partial charge in [0.15, 0.2) is 0 Å². The van der Waals surface area contributed by atoms with Gasteiger partial charge in [0.2, 0.25) is 0 Å². The Labute approximate surface area is 68.8 Å². The lowest BCUT2D eigenvalue weighted by molar-refractivity contribution is 0.0698. The molecule has 0 amide bonds. The summed E-state index contributed by atoms with van der Waals surface area (Å²) >= 11 is 0. The molecule has 1 aliphatic rings.